The molecular formula is C15H24ClN3O2. The van der Waals surface area contributed by atoms with Crippen molar-refractivity contribution in [1.29, 1.82) is 0 Å². The summed E-state index contributed by atoms with van der Waals surface area (Å²) in [6.07, 6.45) is 0. The molecule has 0 fully saturated rings. The van der Waals surface area contributed by atoms with E-state index in [1.165, 1.54) is 0 Å². The molecular weight excluding hydrogens is 290 g/mol. The molecule has 5 nitrogen and oxygen atoms in total. The number of carbonyl (C=O) groups excluding carboxylic acids is 1. The van der Waals surface area contributed by atoms with Gasteiger partial charge in [-0.15, -0.1) is 0 Å². The maximum absolute atomic E-state index is 11.6. The largest absolute Gasteiger partial charge is 0.383 e. The summed E-state index contributed by atoms with van der Waals surface area (Å²) in [5.41, 5.74) is 1.99. The molecule has 1 aromatic carbocycles. The van der Waals surface area contributed by atoms with Gasteiger partial charge in [0.1, 0.15) is 0 Å². The second kappa shape index (κ2) is 9.60. The lowest BCUT2D eigenvalue weighted by molar-refractivity contribution is -0.119. The third-order valence-electron chi connectivity index (χ3n) is 3.21. The highest BCUT2D eigenvalue weighted by Gasteiger charge is 2.14. The van der Waals surface area contributed by atoms with Gasteiger partial charge in [0.2, 0.25) is 5.91 Å². The van der Waals surface area contributed by atoms with Crippen molar-refractivity contribution in [3.8, 4) is 0 Å². The Bertz CT molecular complexity index is 455. The van der Waals surface area contributed by atoms with Gasteiger partial charge in [-0.2, -0.15) is 0 Å². The van der Waals surface area contributed by atoms with Gasteiger partial charge < -0.3 is 20.3 Å². The summed E-state index contributed by atoms with van der Waals surface area (Å²) in [5, 5.41) is 6.64. The fourth-order valence-electron chi connectivity index (χ4n) is 2.03. The van der Waals surface area contributed by atoms with Gasteiger partial charge in [-0.25, -0.2) is 0 Å². The quantitative estimate of drug-likeness (QED) is 0.681. The van der Waals surface area contributed by atoms with E-state index in [0.29, 0.717) is 24.7 Å². The molecule has 0 saturated heterocycles. The van der Waals surface area contributed by atoms with Crippen molar-refractivity contribution in [2.24, 2.45) is 0 Å². The molecule has 0 saturated carbocycles. The minimum atomic E-state index is -0.0184. The molecule has 1 amide bonds. The molecule has 0 aliphatic heterocycles. The molecule has 2 N–H and O–H groups in total. The monoisotopic (exact) mass is 313 g/mol. The second-order valence-electron chi connectivity index (χ2n) is 4.59. The molecule has 0 radical (unpaired) electrons. The van der Waals surface area contributed by atoms with E-state index in [1.54, 1.807) is 14.2 Å². The highest BCUT2D eigenvalue weighted by molar-refractivity contribution is 6.31. The average Bonchev–Trinajstić information content (AvgIpc) is 2.50. The van der Waals surface area contributed by atoms with Gasteiger partial charge in [0.15, 0.2) is 0 Å². The van der Waals surface area contributed by atoms with E-state index < -0.39 is 0 Å². The standard InChI is InChI=1S/C15H24ClN3O2/c1-4-19(11-15(20)17-2)14-7-5-6-13(16)12(14)10-18-8-9-21-3/h5-7,18H,4,8-11H2,1-3H3,(H,17,20). The molecule has 21 heavy (non-hydrogen) atoms. The number of likely N-dealkylation sites (N-methyl/N-ethyl adjacent to an activating group) is 2. The van der Waals surface area contributed by atoms with Gasteiger partial charge in [0.05, 0.1) is 13.2 Å². The fourth-order valence-corrected chi connectivity index (χ4v) is 2.26. The van der Waals surface area contributed by atoms with Crippen molar-refractivity contribution in [3.05, 3.63) is 28.8 Å². The molecule has 0 aliphatic rings. The SMILES string of the molecule is CCN(CC(=O)NC)c1cccc(Cl)c1CNCCOC. The van der Waals surface area contributed by atoms with Crippen LogP contribution < -0.4 is 15.5 Å². The van der Waals surface area contributed by atoms with Crippen LogP contribution >= 0.6 is 11.6 Å². The highest BCUT2D eigenvalue weighted by Crippen LogP contribution is 2.27. The third kappa shape index (κ3) is 5.53. The zero-order valence-corrected chi connectivity index (χ0v) is 13.7. The Hall–Kier alpha value is -1.30. The summed E-state index contributed by atoms with van der Waals surface area (Å²) >= 11 is 6.32. The van der Waals surface area contributed by atoms with E-state index in [1.807, 2.05) is 30.0 Å². The number of hydrogen-bond acceptors (Lipinski definition) is 4. The summed E-state index contributed by atoms with van der Waals surface area (Å²) < 4.78 is 5.02. The number of benzene rings is 1. The summed E-state index contributed by atoms with van der Waals surface area (Å²) in [6, 6.07) is 5.76. The van der Waals surface area contributed by atoms with Crippen LogP contribution in [-0.2, 0) is 16.1 Å². The average molecular weight is 314 g/mol. The lowest BCUT2D eigenvalue weighted by Gasteiger charge is -2.25. The number of methoxy groups -OCH3 is 1. The lowest BCUT2D eigenvalue weighted by Crippen LogP contribution is -2.36. The molecule has 0 heterocycles. The second-order valence-corrected chi connectivity index (χ2v) is 5.00. The summed E-state index contributed by atoms with van der Waals surface area (Å²) in [7, 11) is 3.31. The Kier molecular flexibility index (Phi) is 8.12. The molecule has 1 aromatic rings. The summed E-state index contributed by atoms with van der Waals surface area (Å²) in [4.78, 5) is 13.6. The smallest absolute Gasteiger partial charge is 0.239 e. The topological polar surface area (TPSA) is 53.6 Å². The van der Waals surface area contributed by atoms with Crippen LogP contribution in [0.3, 0.4) is 0 Å². The molecule has 0 unspecified atom stereocenters. The highest BCUT2D eigenvalue weighted by atomic mass is 35.5. The molecule has 6 heteroatoms. The normalized spacial score (nSPS) is 10.5. The van der Waals surface area contributed by atoms with Crippen LogP contribution in [0.2, 0.25) is 5.02 Å². The molecule has 1 rings (SSSR count). The van der Waals surface area contributed by atoms with Crippen molar-refractivity contribution in [1.82, 2.24) is 10.6 Å². The molecule has 0 spiro atoms. The maximum atomic E-state index is 11.6. The predicted molar refractivity (Wildman–Crippen MR) is 87.0 cm³/mol. The van der Waals surface area contributed by atoms with Crippen molar-refractivity contribution >= 4 is 23.2 Å². The van der Waals surface area contributed by atoms with E-state index in [4.69, 9.17) is 16.3 Å². The van der Waals surface area contributed by atoms with Gasteiger partial charge in [-0.3, -0.25) is 4.79 Å². The van der Waals surface area contributed by atoms with Gasteiger partial charge in [-0.05, 0) is 19.1 Å². The Labute approximate surface area is 131 Å². The first-order valence-electron chi connectivity index (χ1n) is 7.06. The number of nitrogens with zero attached hydrogens (tertiary/aromatic N) is 1. The zero-order chi connectivity index (χ0) is 15.7. The predicted octanol–water partition coefficient (Wildman–Crippen LogP) is 1.65. The van der Waals surface area contributed by atoms with Crippen LogP contribution in [0.4, 0.5) is 5.69 Å². The van der Waals surface area contributed by atoms with Crippen molar-refractivity contribution < 1.29 is 9.53 Å². The van der Waals surface area contributed by atoms with E-state index in [9.17, 15) is 4.79 Å². The molecule has 0 atom stereocenters. The summed E-state index contributed by atoms with van der Waals surface area (Å²) in [6.45, 7) is 5.12. The minimum Gasteiger partial charge on any atom is -0.383 e. The van der Waals surface area contributed by atoms with E-state index in [0.717, 1.165) is 24.3 Å². The third-order valence-corrected chi connectivity index (χ3v) is 3.57. The fraction of sp³-hybridized carbons (Fsp3) is 0.533. The molecule has 0 aromatic heterocycles. The van der Waals surface area contributed by atoms with Gasteiger partial charge >= 0.3 is 0 Å². The lowest BCUT2D eigenvalue weighted by atomic mass is 10.1. The zero-order valence-electron chi connectivity index (χ0n) is 12.9. The number of hydrogen-bond donors (Lipinski definition) is 2. The number of ether oxygens (including phenoxy) is 1. The number of rotatable bonds is 9. The first-order valence-corrected chi connectivity index (χ1v) is 7.44. The van der Waals surface area contributed by atoms with Gasteiger partial charge in [-0.1, -0.05) is 17.7 Å². The first-order chi connectivity index (χ1) is 10.1. The van der Waals surface area contributed by atoms with E-state index in [2.05, 4.69) is 10.6 Å². The van der Waals surface area contributed by atoms with Gasteiger partial charge in [0, 0.05) is 50.1 Å². The molecule has 118 valence electrons. The maximum Gasteiger partial charge on any atom is 0.239 e. The number of amides is 1. The minimum absolute atomic E-state index is 0.0184. The van der Waals surface area contributed by atoms with E-state index >= 15 is 0 Å². The van der Waals surface area contributed by atoms with E-state index in [-0.39, 0.29) is 5.91 Å². The van der Waals surface area contributed by atoms with Crippen LogP contribution in [0.15, 0.2) is 18.2 Å². The van der Waals surface area contributed by atoms with Crippen LogP contribution in [0.1, 0.15) is 12.5 Å². The number of anilines is 1. The number of carbonyl (C=O) groups is 1. The Morgan fingerprint density at radius 1 is 1.43 bits per heavy atom. The van der Waals surface area contributed by atoms with Crippen LogP contribution in [0.25, 0.3) is 0 Å². The molecule has 0 bridgehead atoms. The molecule has 0 aliphatic carbocycles. The van der Waals surface area contributed by atoms with Crippen molar-refractivity contribution in [2.45, 2.75) is 13.5 Å². The Morgan fingerprint density at radius 2 is 2.19 bits per heavy atom. The first kappa shape index (κ1) is 17.8. The number of halogens is 1. The van der Waals surface area contributed by atoms with Crippen molar-refractivity contribution in [3.63, 3.8) is 0 Å². The van der Waals surface area contributed by atoms with Crippen molar-refractivity contribution in [2.75, 3.05) is 45.3 Å². The Balaban J connectivity index is 2.88. The number of nitrogens with one attached hydrogen (secondary N) is 2. The van der Waals surface area contributed by atoms with Crippen LogP contribution in [0, 0.1) is 0 Å². The van der Waals surface area contributed by atoms with Crippen LogP contribution in [0.5, 0.6) is 0 Å². The Morgan fingerprint density at radius 3 is 2.81 bits per heavy atom. The summed E-state index contributed by atoms with van der Waals surface area (Å²) in [5.74, 6) is -0.0184. The van der Waals surface area contributed by atoms with Gasteiger partial charge in [0.25, 0.3) is 0 Å². The van der Waals surface area contributed by atoms with Crippen LogP contribution in [-0.4, -0.2) is 46.3 Å².